The Kier molecular flexibility index (Phi) is 6.53. The molecule has 0 unspecified atom stereocenters. The fraction of sp³-hybridized carbons (Fsp3) is 0.478. The largest absolute Gasteiger partial charge is 0.389 e. The summed E-state index contributed by atoms with van der Waals surface area (Å²) in [5, 5.41) is 17.1. The van der Waals surface area contributed by atoms with Crippen LogP contribution in [-0.4, -0.2) is 10.7 Å². The van der Waals surface area contributed by atoms with Crippen LogP contribution in [0, 0.1) is 11.8 Å². The van der Waals surface area contributed by atoms with Gasteiger partial charge in [0.15, 0.2) is 0 Å². The molecule has 0 saturated carbocycles. The lowest BCUT2D eigenvalue weighted by molar-refractivity contribution is -0.117. The van der Waals surface area contributed by atoms with Crippen LogP contribution in [0.2, 0.25) is 10.0 Å². The fourth-order valence-electron chi connectivity index (χ4n) is 4.50. The lowest BCUT2D eigenvalue weighted by Gasteiger charge is -2.52. The molecule has 146 valence electrons. The number of halogens is 2. The van der Waals surface area contributed by atoms with E-state index in [4.69, 9.17) is 23.2 Å². The maximum absolute atomic E-state index is 11.8. The Morgan fingerprint density at radius 3 is 1.63 bits per heavy atom. The molecule has 0 bridgehead atoms. The van der Waals surface area contributed by atoms with Crippen LogP contribution < -0.4 is 5.32 Å². The number of unbranched alkanes of at least 4 members (excludes halogenated alkanes) is 1. The van der Waals surface area contributed by atoms with Gasteiger partial charge in [0.2, 0.25) is 0 Å². The summed E-state index contributed by atoms with van der Waals surface area (Å²) >= 11 is 12.2. The molecule has 2 N–H and O–H groups in total. The van der Waals surface area contributed by atoms with E-state index in [9.17, 15) is 5.11 Å². The minimum absolute atomic E-state index is 0.0565. The van der Waals surface area contributed by atoms with E-state index in [-0.39, 0.29) is 23.9 Å². The van der Waals surface area contributed by atoms with Gasteiger partial charge >= 0.3 is 0 Å². The van der Waals surface area contributed by atoms with Gasteiger partial charge in [0, 0.05) is 34.0 Å². The summed E-state index contributed by atoms with van der Waals surface area (Å²) in [5.74, 6) is 0.174. The Bertz CT molecular complexity index is 686. The molecule has 2 aromatic carbocycles. The predicted octanol–water partition coefficient (Wildman–Crippen LogP) is 6.57. The Balaban J connectivity index is 2.01. The molecule has 1 aliphatic heterocycles. The molecule has 27 heavy (non-hydrogen) atoms. The first kappa shape index (κ1) is 20.7. The van der Waals surface area contributed by atoms with Gasteiger partial charge in [0.05, 0.1) is 5.60 Å². The maximum Gasteiger partial charge on any atom is 0.0734 e. The summed E-state index contributed by atoms with van der Waals surface area (Å²) in [4.78, 5) is 0. The van der Waals surface area contributed by atoms with Crippen molar-refractivity contribution < 1.29 is 5.11 Å². The lowest BCUT2D eigenvalue weighted by Crippen LogP contribution is -2.57. The number of rotatable bonds is 5. The standard InChI is InChI=1S/C23H29Cl2NO/c1-4-5-14-23(27)15(2)21(17-6-10-19(24)11-7-17)26-22(16(23)3)18-8-12-20(25)13-9-18/h6-13,15-16,21-22,26-27H,4-5,14H2,1-3H3/t15-,16-,21-,22-/m1/s1. The van der Waals surface area contributed by atoms with E-state index in [1.165, 1.54) is 0 Å². The van der Waals surface area contributed by atoms with Gasteiger partial charge in [-0.1, -0.05) is 81.1 Å². The van der Waals surface area contributed by atoms with Crippen molar-refractivity contribution in [1.82, 2.24) is 5.32 Å². The normalized spacial score (nSPS) is 31.0. The van der Waals surface area contributed by atoms with E-state index in [2.05, 4.69) is 50.4 Å². The van der Waals surface area contributed by atoms with Crippen LogP contribution >= 0.6 is 23.2 Å². The van der Waals surface area contributed by atoms with Crippen LogP contribution in [-0.2, 0) is 0 Å². The third-order valence-corrected chi connectivity index (χ3v) is 6.83. The molecule has 0 radical (unpaired) electrons. The van der Waals surface area contributed by atoms with Gasteiger partial charge in [0.25, 0.3) is 0 Å². The first-order valence-corrected chi connectivity index (χ1v) is 10.6. The Morgan fingerprint density at radius 2 is 1.26 bits per heavy atom. The number of aliphatic hydroxyl groups is 1. The first-order chi connectivity index (χ1) is 12.9. The van der Waals surface area contributed by atoms with Crippen molar-refractivity contribution in [3.8, 4) is 0 Å². The van der Waals surface area contributed by atoms with Crippen molar-refractivity contribution in [3.05, 3.63) is 69.7 Å². The van der Waals surface area contributed by atoms with Crippen LogP contribution in [0.25, 0.3) is 0 Å². The van der Waals surface area contributed by atoms with Gasteiger partial charge < -0.3 is 10.4 Å². The van der Waals surface area contributed by atoms with Crippen LogP contribution in [0.5, 0.6) is 0 Å². The minimum Gasteiger partial charge on any atom is -0.389 e. The summed E-state index contributed by atoms with van der Waals surface area (Å²) in [6.07, 6.45) is 2.90. The molecule has 4 atom stereocenters. The number of piperidine rings is 1. The van der Waals surface area contributed by atoms with Gasteiger partial charge in [0.1, 0.15) is 0 Å². The zero-order chi connectivity index (χ0) is 19.6. The highest BCUT2D eigenvalue weighted by molar-refractivity contribution is 6.30. The third kappa shape index (κ3) is 4.19. The van der Waals surface area contributed by atoms with E-state index >= 15 is 0 Å². The number of nitrogens with one attached hydrogen (secondary N) is 1. The Labute approximate surface area is 172 Å². The summed E-state index contributed by atoms with van der Waals surface area (Å²) in [6.45, 7) is 6.50. The smallest absolute Gasteiger partial charge is 0.0734 e. The molecular weight excluding hydrogens is 377 g/mol. The average molecular weight is 406 g/mol. The molecule has 1 fully saturated rings. The van der Waals surface area contributed by atoms with E-state index in [1.807, 2.05) is 24.3 Å². The molecule has 0 amide bonds. The molecule has 2 aromatic rings. The second-order valence-corrected chi connectivity index (χ2v) is 8.77. The highest BCUT2D eigenvalue weighted by Gasteiger charge is 2.50. The molecule has 1 saturated heterocycles. The molecular formula is C23H29Cl2NO. The van der Waals surface area contributed by atoms with E-state index < -0.39 is 5.60 Å². The van der Waals surface area contributed by atoms with Crippen molar-refractivity contribution in [2.45, 2.75) is 57.7 Å². The van der Waals surface area contributed by atoms with Crippen LogP contribution in [0.15, 0.2) is 48.5 Å². The van der Waals surface area contributed by atoms with Crippen molar-refractivity contribution in [1.29, 1.82) is 0 Å². The van der Waals surface area contributed by atoms with Crippen molar-refractivity contribution in [2.24, 2.45) is 11.8 Å². The Hall–Kier alpha value is -1.06. The van der Waals surface area contributed by atoms with Gasteiger partial charge in [-0.25, -0.2) is 0 Å². The second kappa shape index (κ2) is 8.53. The molecule has 4 heteroatoms. The summed E-state index contributed by atoms with van der Waals surface area (Å²) in [7, 11) is 0. The summed E-state index contributed by atoms with van der Waals surface area (Å²) < 4.78 is 0. The van der Waals surface area contributed by atoms with Crippen molar-refractivity contribution in [2.75, 3.05) is 0 Å². The molecule has 2 nitrogen and oxygen atoms in total. The highest BCUT2D eigenvalue weighted by Crippen LogP contribution is 2.49. The zero-order valence-corrected chi connectivity index (χ0v) is 17.8. The van der Waals surface area contributed by atoms with E-state index in [1.54, 1.807) is 0 Å². The quantitative estimate of drug-likeness (QED) is 0.588. The predicted molar refractivity (Wildman–Crippen MR) is 114 cm³/mol. The van der Waals surface area contributed by atoms with Crippen molar-refractivity contribution >= 4 is 23.2 Å². The molecule has 1 aliphatic rings. The maximum atomic E-state index is 11.8. The average Bonchev–Trinajstić information content (AvgIpc) is 2.67. The monoisotopic (exact) mass is 405 g/mol. The van der Waals surface area contributed by atoms with Gasteiger partial charge in [-0.15, -0.1) is 0 Å². The topological polar surface area (TPSA) is 32.3 Å². The number of benzene rings is 2. The van der Waals surface area contributed by atoms with Crippen LogP contribution in [0.1, 0.15) is 63.2 Å². The lowest BCUT2D eigenvalue weighted by atomic mass is 9.64. The van der Waals surface area contributed by atoms with E-state index in [0.717, 1.165) is 40.4 Å². The second-order valence-electron chi connectivity index (χ2n) is 7.90. The van der Waals surface area contributed by atoms with Gasteiger partial charge in [-0.2, -0.15) is 0 Å². The van der Waals surface area contributed by atoms with Crippen LogP contribution in [0.4, 0.5) is 0 Å². The zero-order valence-electron chi connectivity index (χ0n) is 16.3. The first-order valence-electron chi connectivity index (χ1n) is 9.86. The Morgan fingerprint density at radius 1 is 0.852 bits per heavy atom. The number of hydrogen-bond acceptors (Lipinski definition) is 2. The van der Waals surface area contributed by atoms with E-state index in [0.29, 0.717) is 0 Å². The summed E-state index contributed by atoms with van der Waals surface area (Å²) in [6, 6.07) is 16.0. The SMILES string of the molecule is CCCCC1(O)[C@H](C)[C@H](c2ccc(Cl)cc2)N[C@@H](c2ccc(Cl)cc2)[C@H]1C. The van der Waals surface area contributed by atoms with Crippen molar-refractivity contribution in [3.63, 3.8) is 0 Å². The third-order valence-electron chi connectivity index (χ3n) is 6.33. The molecule has 3 rings (SSSR count). The fourth-order valence-corrected chi connectivity index (χ4v) is 4.75. The highest BCUT2D eigenvalue weighted by atomic mass is 35.5. The molecule has 0 aliphatic carbocycles. The van der Waals surface area contributed by atoms with Gasteiger partial charge in [-0.05, 0) is 41.8 Å². The van der Waals surface area contributed by atoms with Gasteiger partial charge in [-0.3, -0.25) is 0 Å². The van der Waals surface area contributed by atoms with Crippen LogP contribution in [0.3, 0.4) is 0 Å². The summed E-state index contributed by atoms with van der Waals surface area (Å²) in [5.41, 5.74) is 1.58. The minimum atomic E-state index is -0.740. The number of hydrogen-bond donors (Lipinski definition) is 2. The molecule has 1 heterocycles. The molecule has 0 aromatic heterocycles. The molecule has 0 spiro atoms.